The van der Waals surface area contributed by atoms with Crippen LogP contribution in [0.4, 0.5) is 11.5 Å². The Labute approximate surface area is 110 Å². The highest BCUT2D eigenvalue weighted by Crippen LogP contribution is 2.21. The summed E-state index contributed by atoms with van der Waals surface area (Å²) in [6.07, 6.45) is 1.62. The number of carbonyl (C=O) groups excluding carboxylic acids is 1. The van der Waals surface area contributed by atoms with Gasteiger partial charge in [-0.25, -0.2) is 4.98 Å². The summed E-state index contributed by atoms with van der Waals surface area (Å²) in [5, 5.41) is 6.18. The fourth-order valence-electron chi connectivity index (χ4n) is 1.54. The Bertz CT molecular complexity index is 557. The van der Waals surface area contributed by atoms with Gasteiger partial charge in [-0.05, 0) is 30.3 Å². The van der Waals surface area contributed by atoms with Crippen LogP contribution in [0.5, 0.6) is 0 Å². The number of rotatable bonds is 3. The van der Waals surface area contributed by atoms with E-state index < -0.39 is 0 Å². The lowest BCUT2D eigenvalue weighted by atomic mass is 10.1. The van der Waals surface area contributed by atoms with E-state index in [9.17, 15) is 4.79 Å². The molecule has 18 heavy (non-hydrogen) atoms. The van der Waals surface area contributed by atoms with Gasteiger partial charge in [0.05, 0.1) is 5.56 Å². The summed E-state index contributed by atoms with van der Waals surface area (Å²) in [6.45, 7) is 0. The quantitative estimate of drug-likeness (QED) is 0.893. The van der Waals surface area contributed by atoms with Crippen LogP contribution < -0.4 is 10.6 Å². The van der Waals surface area contributed by atoms with Crippen LogP contribution in [-0.2, 0) is 0 Å². The van der Waals surface area contributed by atoms with Crippen molar-refractivity contribution in [1.82, 2.24) is 4.98 Å². The second-order valence-corrected chi connectivity index (χ2v) is 4.05. The first-order valence-electron chi connectivity index (χ1n) is 5.40. The fraction of sp³-hybridized carbons (Fsp3) is 0.0769. The van der Waals surface area contributed by atoms with Crippen molar-refractivity contribution in [3.63, 3.8) is 0 Å². The standard InChI is InChI=1S/C13H12ClN3O/c1-15-11-6-5-9(14)8-10(11)13(18)17-12-4-2-3-7-16-12/h2-8,15H,1H3,(H,16,17,18). The molecule has 0 aliphatic carbocycles. The van der Waals surface area contributed by atoms with Crippen LogP contribution in [0.25, 0.3) is 0 Å². The lowest BCUT2D eigenvalue weighted by molar-refractivity contribution is 0.102. The van der Waals surface area contributed by atoms with Crippen LogP contribution in [0.1, 0.15) is 10.4 Å². The fourth-order valence-corrected chi connectivity index (χ4v) is 1.71. The number of hydrogen-bond acceptors (Lipinski definition) is 3. The average molecular weight is 262 g/mol. The Hall–Kier alpha value is -2.07. The predicted octanol–water partition coefficient (Wildman–Crippen LogP) is 3.03. The van der Waals surface area contributed by atoms with Gasteiger partial charge in [-0.2, -0.15) is 0 Å². The molecule has 0 atom stereocenters. The van der Waals surface area contributed by atoms with Crippen molar-refractivity contribution >= 4 is 29.0 Å². The number of pyridine rings is 1. The van der Waals surface area contributed by atoms with Gasteiger partial charge >= 0.3 is 0 Å². The summed E-state index contributed by atoms with van der Waals surface area (Å²) in [4.78, 5) is 16.1. The van der Waals surface area contributed by atoms with Crippen LogP contribution in [-0.4, -0.2) is 17.9 Å². The molecular formula is C13H12ClN3O. The number of anilines is 2. The minimum absolute atomic E-state index is 0.249. The molecule has 92 valence electrons. The molecule has 1 amide bonds. The maximum Gasteiger partial charge on any atom is 0.258 e. The summed E-state index contributed by atoms with van der Waals surface area (Å²) < 4.78 is 0. The van der Waals surface area contributed by atoms with E-state index in [0.29, 0.717) is 22.1 Å². The summed E-state index contributed by atoms with van der Waals surface area (Å²) in [5.41, 5.74) is 1.20. The van der Waals surface area contributed by atoms with Crippen LogP contribution in [0.15, 0.2) is 42.6 Å². The predicted molar refractivity (Wildman–Crippen MR) is 73.2 cm³/mol. The monoisotopic (exact) mass is 261 g/mol. The van der Waals surface area contributed by atoms with Gasteiger partial charge in [0.25, 0.3) is 5.91 Å². The first kappa shape index (κ1) is 12.4. The molecule has 0 aliphatic heterocycles. The maximum atomic E-state index is 12.1. The number of nitrogens with zero attached hydrogens (tertiary/aromatic N) is 1. The Kier molecular flexibility index (Phi) is 3.79. The lowest BCUT2D eigenvalue weighted by Crippen LogP contribution is -2.14. The van der Waals surface area contributed by atoms with Gasteiger partial charge < -0.3 is 10.6 Å². The molecule has 5 heteroatoms. The van der Waals surface area contributed by atoms with Crippen molar-refractivity contribution in [2.45, 2.75) is 0 Å². The van der Waals surface area contributed by atoms with Gasteiger partial charge in [-0.3, -0.25) is 4.79 Å². The SMILES string of the molecule is CNc1ccc(Cl)cc1C(=O)Nc1ccccn1. The summed E-state index contributed by atoms with van der Waals surface area (Å²) in [7, 11) is 1.75. The molecular weight excluding hydrogens is 250 g/mol. The van der Waals surface area contributed by atoms with E-state index in [0.717, 1.165) is 0 Å². The minimum atomic E-state index is -0.249. The summed E-state index contributed by atoms with van der Waals surface area (Å²) in [5.74, 6) is 0.255. The van der Waals surface area contributed by atoms with Crippen molar-refractivity contribution < 1.29 is 4.79 Å². The Morgan fingerprint density at radius 2 is 2.11 bits per heavy atom. The third kappa shape index (κ3) is 2.78. The zero-order valence-electron chi connectivity index (χ0n) is 9.77. The second-order valence-electron chi connectivity index (χ2n) is 3.61. The summed E-state index contributed by atoms with van der Waals surface area (Å²) in [6, 6.07) is 10.4. The first-order chi connectivity index (χ1) is 8.70. The molecule has 0 unspecified atom stereocenters. The van der Waals surface area contributed by atoms with E-state index >= 15 is 0 Å². The van der Waals surface area contributed by atoms with Gasteiger partial charge in [0.2, 0.25) is 0 Å². The van der Waals surface area contributed by atoms with Crippen molar-refractivity contribution in [1.29, 1.82) is 0 Å². The maximum absolute atomic E-state index is 12.1. The molecule has 0 aliphatic rings. The number of hydrogen-bond donors (Lipinski definition) is 2. The van der Waals surface area contributed by atoms with Gasteiger partial charge in [0, 0.05) is 24.0 Å². The molecule has 0 saturated heterocycles. The topological polar surface area (TPSA) is 54.0 Å². The summed E-state index contributed by atoms with van der Waals surface area (Å²) >= 11 is 5.90. The molecule has 4 nitrogen and oxygen atoms in total. The third-order valence-corrected chi connectivity index (χ3v) is 2.64. The molecule has 0 fully saturated rings. The van der Waals surface area contributed by atoms with Crippen molar-refractivity contribution in [2.24, 2.45) is 0 Å². The largest absolute Gasteiger partial charge is 0.387 e. The third-order valence-electron chi connectivity index (χ3n) is 2.40. The highest BCUT2D eigenvalue weighted by atomic mass is 35.5. The molecule has 1 aromatic heterocycles. The lowest BCUT2D eigenvalue weighted by Gasteiger charge is -2.09. The molecule has 0 radical (unpaired) electrons. The zero-order chi connectivity index (χ0) is 13.0. The molecule has 2 N–H and O–H groups in total. The number of halogens is 1. The van der Waals surface area contributed by atoms with E-state index in [1.54, 1.807) is 49.6 Å². The van der Waals surface area contributed by atoms with E-state index in [1.165, 1.54) is 0 Å². The Morgan fingerprint density at radius 3 is 2.78 bits per heavy atom. The van der Waals surface area contributed by atoms with E-state index in [-0.39, 0.29) is 5.91 Å². The van der Waals surface area contributed by atoms with Crippen molar-refractivity contribution in [3.05, 3.63) is 53.2 Å². The van der Waals surface area contributed by atoms with E-state index in [4.69, 9.17) is 11.6 Å². The van der Waals surface area contributed by atoms with Crippen LogP contribution >= 0.6 is 11.6 Å². The normalized spacial score (nSPS) is 9.89. The number of aromatic nitrogens is 1. The first-order valence-corrected chi connectivity index (χ1v) is 5.78. The molecule has 1 aromatic carbocycles. The number of amides is 1. The van der Waals surface area contributed by atoms with Crippen molar-refractivity contribution in [3.8, 4) is 0 Å². The number of benzene rings is 1. The molecule has 0 spiro atoms. The highest BCUT2D eigenvalue weighted by Gasteiger charge is 2.11. The molecule has 1 heterocycles. The molecule has 0 bridgehead atoms. The molecule has 2 rings (SSSR count). The van der Waals surface area contributed by atoms with Gasteiger partial charge in [0.1, 0.15) is 5.82 Å². The van der Waals surface area contributed by atoms with Crippen LogP contribution in [0.3, 0.4) is 0 Å². The van der Waals surface area contributed by atoms with E-state index in [1.807, 2.05) is 0 Å². The Balaban J connectivity index is 2.26. The van der Waals surface area contributed by atoms with Gasteiger partial charge in [-0.15, -0.1) is 0 Å². The van der Waals surface area contributed by atoms with E-state index in [2.05, 4.69) is 15.6 Å². The van der Waals surface area contributed by atoms with Gasteiger partial charge in [-0.1, -0.05) is 17.7 Å². The Morgan fingerprint density at radius 1 is 1.28 bits per heavy atom. The minimum Gasteiger partial charge on any atom is -0.387 e. The highest BCUT2D eigenvalue weighted by molar-refractivity contribution is 6.31. The second kappa shape index (κ2) is 5.51. The van der Waals surface area contributed by atoms with Gasteiger partial charge in [0.15, 0.2) is 0 Å². The van der Waals surface area contributed by atoms with Crippen LogP contribution in [0.2, 0.25) is 5.02 Å². The number of carbonyl (C=O) groups is 1. The zero-order valence-corrected chi connectivity index (χ0v) is 10.5. The average Bonchev–Trinajstić information content (AvgIpc) is 2.40. The number of nitrogens with one attached hydrogen (secondary N) is 2. The molecule has 0 saturated carbocycles. The smallest absolute Gasteiger partial charge is 0.258 e. The molecule has 2 aromatic rings. The van der Waals surface area contributed by atoms with Crippen LogP contribution in [0, 0.1) is 0 Å². The van der Waals surface area contributed by atoms with Crippen molar-refractivity contribution in [2.75, 3.05) is 17.7 Å².